The SMILES string of the molecule is CCC1C(=O)N(C)c2cnc(NN=Cc3cccnc3Cl)nc2N1C1CCCC1. The monoisotopic (exact) mass is 413 g/mol. The van der Waals surface area contributed by atoms with Crippen molar-refractivity contribution in [3.8, 4) is 0 Å². The molecule has 1 unspecified atom stereocenters. The van der Waals surface area contributed by atoms with E-state index in [1.807, 2.05) is 13.0 Å². The number of aromatic nitrogens is 3. The first-order valence-corrected chi connectivity index (χ1v) is 10.3. The molecule has 3 heterocycles. The topological polar surface area (TPSA) is 86.6 Å². The zero-order valence-corrected chi connectivity index (χ0v) is 17.3. The Morgan fingerprint density at radius 3 is 2.86 bits per heavy atom. The number of anilines is 3. The number of hydrazone groups is 1. The number of pyridine rings is 1. The standard InChI is InChI=1S/C20H24ClN7O/c1-3-15-19(29)27(2)16-12-23-20(25-18(16)28(15)14-8-4-5-9-14)26-24-11-13-7-6-10-22-17(13)21/h6-7,10-12,14-15H,3-5,8-9H2,1-2H3,(H,23,25,26). The van der Waals surface area contributed by atoms with Gasteiger partial charge in [0.1, 0.15) is 16.9 Å². The van der Waals surface area contributed by atoms with Crippen LogP contribution in [0.2, 0.25) is 5.15 Å². The van der Waals surface area contributed by atoms with Crippen LogP contribution in [0.1, 0.15) is 44.6 Å². The molecule has 4 rings (SSSR count). The largest absolute Gasteiger partial charge is 0.340 e. The summed E-state index contributed by atoms with van der Waals surface area (Å²) in [6.07, 6.45) is 10.2. The van der Waals surface area contributed by atoms with Crippen LogP contribution in [0.25, 0.3) is 0 Å². The van der Waals surface area contributed by atoms with E-state index in [0.717, 1.165) is 30.8 Å². The van der Waals surface area contributed by atoms with E-state index >= 15 is 0 Å². The summed E-state index contributed by atoms with van der Waals surface area (Å²) in [5.74, 6) is 1.26. The fraction of sp³-hybridized carbons (Fsp3) is 0.450. The second-order valence-corrected chi connectivity index (χ2v) is 7.68. The third-order valence-corrected chi connectivity index (χ3v) is 5.88. The molecule has 9 heteroatoms. The van der Waals surface area contributed by atoms with E-state index in [9.17, 15) is 4.79 Å². The van der Waals surface area contributed by atoms with Gasteiger partial charge in [0.2, 0.25) is 11.9 Å². The molecule has 1 saturated carbocycles. The van der Waals surface area contributed by atoms with Crippen LogP contribution in [0.4, 0.5) is 17.5 Å². The maximum atomic E-state index is 12.9. The van der Waals surface area contributed by atoms with Crippen molar-refractivity contribution >= 4 is 41.2 Å². The summed E-state index contributed by atoms with van der Waals surface area (Å²) in [5, 5.41) is 4.57. The number of amides is 1. The minimum atomic E-state index is -0.198. The van der Waals surface area contributed by atoms with Crippen molar-refractivity contribution in [1.29, 1.82) is 0 Å². The van der Waals surface area contributed by atoms with Gasteiger partial charge in [-0.3, -0.25) is 4.79 Å². The van der Waals surface area contributed by atoms with Crippen molar-refractivity contribution in [2.75, 3.05) is 22.3 Å². The third kappa shape index (κ3) is 3.76. The van der Waals surface area contributed by atoms with Crippen LogP contribution in [-0.2, 0) is 4.79 Å². The molecule has 1 N–H and O–H groups in total. The predicted molar refractivity (Wildman–Crippen MR) is 115 cm³/mol. The molecule has 1 aliphatic heterocycles. The van der Waals surface area contributed by atoms with Crippen molar-refractivity contribution in [3.05, 3.63) is 35.2 Å². The molecule has 8 nitrogen and oxygen atoms in total. The Bertz CT molecular complexity index is 929. The van der Waals surface area contributed by atoms with Gasteiger partial charge in [-0.1, -0.05) is 31.4 Å². The number of carbonyl (C=O) groups excluding carboxylic acids is 1. The maximum Gasteiger partial charge on any atom is 0.249 e. The minimum absolute atomic E-state index is 0.0976. The Morgan fingerprint density at radius 1 is 1.34 bits per heavy atom. The van der Waals surface area contributed by atoms with Crippen molar-refractivity contribution in [2.24, 2.45) is 5.10 Å². The zero-order valence-electron chi connectivity index (χ0n) is 16.5. The predicted octanol–water partition coefficient (Wildman–Crippen LogP) is 3.48. The van der Waals surface area contributed by atoms with Gasteiger partial charge in [-0.25, -0.2) is 15.4 Å². The van der Waals surface area contributed by atoms with E-state index in [1.54, 1.807) is 36.6 Å². The summed E-state index contributed by atoms with van der Waals surface area (Å²) in [7, 11) is 1.79. The molecule has 1 fully saturated rings. The van der Waals surface area contributed by atoms with Gasteiger partial charge in [0.15, 0.2) is 5.82 Å². The van der Waals surface area contributed by atoms with Crippen LogP contribution < -0.4 is 15.2 Å². The van der Waals surface area contributed by atoms with Crippen molar-refractivity contribution in [1.82, 2.24) is 15.0 Å². The Morgan fingerprint density at radius 2 is 2.14 bits per heavy atom. The molecule has 1 atom stereocenters. The summed E-state index contributed by atoms with van der Waals surface area (Å²) in [5.41, 5.74) is 4.30. The fourth-order valence-corrected chi connectivity index (χ4v) is 4.26. The minimum Gasteiger partial charge on any atom is -0.340 e. The first-order chi connectivity index (χ1) is 14.1. The van der Waals surface area contributed by atoms with Crippen LogP contribution in [0.3, 0.4) is 0 Å². The average Bonchev–Trinajstić information content (AvgIpc) is 3.26. The highest BCUT2D eigenvalue weighted by Crippen LogP contribution is 2.39. The third-order valence-electron chi connectivity index (χ3n) is 5.57. The molecule has 2 aromatic rings. The van der Waals surface area contributed by atoms with Crippen LogP contribution in [-0.4, -0.2) is 46.2 Å². The molecule has 0 radical (unpaired) electrons. The Labute approximate surface area is 175 Å². The number of halogens is 1. The van der Waals surface area contributed by atoms with Gasteiger partial charge in [0.25, 0.3) is 0 Å². The average molecular weight is 414 g/mol. The number of nitrogens with zero attached hydrogens (tertiary/aromatic N) is 6. The number of rotatable bonds is 5. The van der Waals surface area contributed by atoms with Gasteiger partial charge < -0.3 is 9.80 Å². The number of carbonyl (C=O) groups is 1. The zero-order chi connectivity index (χ0) is 20.4. The molecule has 0 aromatic carbocycles. The second-order valence-electron chi connectivity index (χ2n) is 7.32. The normalized spacial score (nSPS) is 19.8. The van der Waals surface area contributed by atoms with Crippen molar-refractivity contribution < 1.29 is 4.79 Å². The molecule has 1 amide bonds. The summed E-state index contributed by atoms with van der Waals surface area (Å²) < 4.78 is 0. The molecule has 1 aliphatic carbocycles. The Hall–Kier alpha value is -2.74. The van der Waals surface area contributed by atoms with Gasteiger partial charge in [-0.2, -0.15) is 10.1 Å². The van der Waals surface area contributed by atoms with E-state index in [-0.39, 0.29) is 11.9 Å². The molecule has 0 spiro atoms. The van der Waals surface area contributed by atoms with Crippen LogP contribution >= 0.6 is 11.6 Å². The number of hydrogen-bond acceptors (Lipinski definition) is 7. The molecule has 0 saturated heterocycles. The van der Waals surface area contributed by atoms with E-state index in [1.165, 1.54) is 12.8 Å². The number of likely N-dealkylation sites (N-methyl/N-ethyl adjacent to an activating group) is 1. The van der Waals surface area contributed by atoms with Gasteiger partial charge in [-0.15, -0.1) is 0 Å². The lowest BCUT2D eigenvalue weighted by atomic mass is 10.0. The lowest BCUT2D eigenvalue weighted by molar-refractivity contribution is -0.120. The lowest BCUT2D eigenvalue weighted by Gasteiger charge is -2.43. The molecular formula is C20H24ClN7O. The van der Waals surface area contributed by atoms with Gasteiger partial charge in [-0.05, 0) is 31.4 Å². The molecule has 2 aliphatic rings. The van der Waals surface area contributed by atoms with Crippen molar-refractivity contribution in [2.45, 2.75) is 51.1 Å². The van der Waals surface area contributed by atoms with E-state index < -0.39 is 0 Å². The number of hydrogen-bond donors (Lipinski definition) is 1. The van der Waals surface area contributed by atoms with E-state index in [0.29, 0.717) is 22.7 Å². The van der Waals surface area contributed by atoms with Crippen LogP contribution in [0, 0.1) is 0 Å². The van der Waals surface area contributed by atoms with E-state index in [2.05, 4.69) is 25.4 Å². The molecule has 0 bridgehead atoms. The first kappa shape index (κ1) is 19.6. The molecule has 2 aromatic heterocycles. The lowest BCUT2D eigenvalue weighted by Crippen LogP contribution is -2.55. The smallest absolute Gasteiger partial charge is 0.249 e. The summed E-state index contributed by atoms with van der Waals surface area (Å²) in [6.45, 7) is 2.05. The summed E-state index contributed by atoms with van der Waals surface area (Å²) in [4.78, 5) is 29.9. The Kier molecular flexibility index (Phi) is 5.62. The Balaban J connectivity index is 1.64. The fourth-order valence-electron chi connectivity index (χ4n) is 4.09. The molecular weight excluding hydrogens is 390 g/mol. The molecule has 29 heavy (non-hydrogen) atoms. The van der Waals surface area contributed by atoms with E-state index in [4.69, 9.17) is 16.6 Å². The number of nitrogens with one attached hydrogen (secondary N) is 1. The molecule has 152 valence electrons. The highest BCUT2D eigenvalue weighted by atomic mass is 35.5. The summed E-state index contributed by atoms with van der Waals surface area (Å²) in [6, 6.07) is 3.75. The van der Waals surface area contributed by atoms with Crippen molar-refractivity contribution in [3.63, 3.8) is 0 Å². The van der Waals surface area contributed by atoms with Gasteiger partial charge in [0.05, 0.1) is 12.4 Å². The quantitative estimate of drug-likeness (QED) is 0.458. The first-order valence-electron chi connectivity index (χ1n) is 9.92. The second kappa shape index (κ2) is 8.32. The highest BCUT2D eigenvalue weighted by Gasteiger charge is 2.41. The maximum absolute atomic E-state index is 12.9. The summed E-state index contributed by atoms with van der Waals surface area (Å²) >= 11 is 6.05. The van der Waals surface area contributed by atoms with Gasteiger partial charge in [0, 0.05) is 24.8 Å². The highest BCUT2D eigenvalue weighted by molar-refractivity contribution is 6.31. The van der Waals surface area contributed by atoms with Crippen LogP contribution in [0.15, 0.2) is 29.6 Å². The van der Waals surface area contributed by atoms with Crippen LogP contribution in [0.5, 0.6) is 0 Å². The van der Waals surface area contributed by atoms with Gasteiger partial charge >= 0.3 is 0 Å². The number of fused-ring (bicyclic) bond motifs is 1.